The second kappa shape index (κ2) is 7.27. The topological polar surface area (TPSA) is 81.2 Å². The van der Waals surface area contributed by atoms with Gasteiger partial charge in [0.05, 0.1) is 18.0 Å². The zero-order valence-corrected chi connectivity index (χ0v) is 14.8. The third-order valence-corrected chi connectivity index (χ3v) is 4.64. The smallest absolute Gasteiger partial charge is 0.317 e. The molecule has 1 saturated heterocycles. The van der Waals surface area contributed by atoms with E-state index < -0.39 is 0 Å². The van der Waals surface area contributed by atoms with Crippen molar-refractivity contribution in [2.45, 2.75) is 39.3 Å². The van der Waals surface area contributed by atoms with E-state index in [9.17, 15) is 9.90 Å². The molecular formula is C19H26N4O2. The molecule has 0 spiro atoms. The second-order valence-electron chi connectivity index (χ2n) is 7.53. The van der Waals surface area contributed by atoms with Gasteiger partial charge in [-0.05, 0) is 23.8 Å². The fraction of sp³-hybridized carbons (Fsp3) is 0.474. The first-order valence-corrected chi connectivity index (χ1v) is 8.73. The quantitative estimate of drug-likeness (QED) is 0.802. The highest BCUT2D eigenvalue weighted by Gasteiger charge is 2.31. The van der Waals surface area contributed by atoms with Crippen LogP contribution in [0.1, 0.15) is 32.3 Å². The molecule has 3 rings (SSSR count). The van der Waals surface area contributed by atoms with Crippen molar-refractivity contribution >= 4 is 6.03 Å². The molecule has 1 fully saturated rings. The Labute approximate surface area is 148 Å². The maximum absolute atomic E-state index is 12.6. The molecule has 0 aliphatic carbocycles. The molecule has 0 saturated carbocycles. The molecule has 1 aromatic heterocycles. The lowest BCUT2D eigenvalue weighted by Gasteiger charge is -2.29. The summed E-state index contributed by atoms with van der Waals surface area (Å²) < 4.78 is 0. The van der Waals surface area contributed by atoms with E-state index >= 15 is 0 Å². The number of nitrogens with one attached hydrogen (secondary N) is 2. The number of carbonyl (C=O) groups is 1. The van der Waals surface area contributed by atoms with Gasteiger partial charge in [0.15, 0.2) is 0 Å². The largest absolute Gasteiger partial charge is 0.393 e. The van der Waals surface area contributed by atoms with Gasteiger partial charge in [-0.15, -0.1) is 0 Å². The molecular weight excluding hydrogens is 316 g/mol. The van der Waals surface area contributed by atoms with Crippen LogP contribution in [0, 0.1) is 5.41 Å². The van der Waals surface area contributed by atoms with Crippen LogP contribution in [0.25, 0.3) is 11.3 Å². The van der Waals surface area contributed by atoms with Crippen LogP contribution in [0.5, 0.6) is 0 Å². The highest BCUT2D eigenvalue weighted by atomic mass is 16.3. The number of benzene rings is 1. The first kappa shape index (κ1) is 17.5. The van der Waals surface area contributed by atoms with E-state index in [-0.39, 0.29) is 17.6 Å². The van der Waals surface area contributed by atoms with Crippen LogP contribution in [-0.2, 0) is 6.54 Å². The summed E-state index contributed by atoms with van der Waals surface area (Å²) in [5.74, 6) is 0. The van der Waals surface area contributed by atoms with E-state index in [0.717, 1.165) is 23.2 Å². The number of amides is 2. The standard InChI is InChI=1S/C19H26N4O2/c1-19(2)10-16(24)8-9-23(13-19)18(25)20-11-15-12-21-22-17(15)14-6-4-3-5-7-14/h3-7,12,16,24H,8-11,13H2,1-2H3,(H,20,25)(H,21,22)/t16-/m0/s1. The highest BCUT2D eigenvalue weighted by Crippen LogP contribution is 2.28. The molecule has 0 radical (unpaired) electrons. The van der Waals surface area contributed by atoms with Crippen molar-refractivity contribution in [1.29, 1.82) is 0 Å². The van der Waals surface area contributed by atoms with Crippen LogP contribution in [0.3, 0.4) is 0 Å². The molecule has 0 unspecified atom stereocenters. The van der Waals surface area contributed by atoms with Gasteiger partial charge in [0.1, 0.15) is 0 Å². The normalized spacial score (nSPS) is 20.1. The monoisotopic (exact) mass is 342 g/mol. The maximum Gasteiger partial charge on any atom is 0.317 e. The van der Waals surface area contributed by atoms with Crippen LogP contribution in [0.15, 0.2) is 36.5 Å². The Hall–Kier alpha value is -2.34. The number of carbonyl (C=O) groups excluding carboxylic acids is 1. The Kier molecular flexibility index (Phi) is 5.08. The molecule has 2 heterocycles. The van der Waals surface area contributed by atoms with Gasteiger partial charge < -0.3 is 15.3 Å². The minimum absolute atomic E-state index is 0.0852. The van der Waals surface area contributed by atoms with E-state index in [2.05, 4.69) is 29.4 Å². The van der Waals surface area contributed by atoms with Crippen molar-refractivity contribution in [3.05, 3.63) is 42.1 Å². The molecule has 1 atom stereocenters. The van der Waals surface area contributed by atoms with Crippen LogP contribution in [0.4, 0.5) is 4.79 Å². The number of hydrogen-bond acceptors (Lipinski definition) is 3. The lowest BCUT2D eigenvalue weighted by Crippen LogP contribution is -2.43. The summed E-state index contributed by atoms with van der Waals surface area (Å²) in [6, 6.07) is 9.85. The van der Waals surface area contributed by atoms with Crippen LogP contribution < -0.4 is 5.32 Å². The summed E-state index contributed by atoms with van der Waals surface area (Å²) in [6.07, 6.45) is 2.75. The van der Waals surface area contributed by atoms with Gasteiger partial charge in [-0.3, -0.25) is 5.10 Å². The van der Waals surface area contributed by atoms with E-state index in [0.29, 0.717) is 26.1 Å². The Bertz CT molecular complexity index is 711. The van der Waals surface area contributed by atoms with E-state index in [1.54, 1.807) is 11.1 Å². The zero-order chi connectivity index (χ0) is 17.9. The Morgan fingerprint density at radius 2 is 2.16 bits per heavy atom. The molecule has 134 valence electrons. The lowest BCUT2D eigenvalue weighted by atomic mass is 9.87. The number of nitrogens with zero attached hydrogens (tertiary/aromatic N) is 2. The number of hydrogen-bond donors (Lipinski definition) is 3. The minimum Gasteiger partial charge on any atom is -0.393 e. The SMILES string of the molecule is CC1(C)C[C@@H](O)CCN(C(=O)NCc2cn[nH]c2-c2ccccc2)C1. The number of aromatic amines is 1. The number of aromatic nitrogens is 2. The summed E-state index contributed by atoms with van der Waals surface area (Å²) in [6.45, 7) is 5.82. The zero-order valence-electron chi connectivity index (χ0n) is 14.8. The van der Waals surface area contributed by atoms with Crippen molar-refractivity contribution in [3.8, 4) is 11.3 Å². The Balaban J connectivity index is 1.64. The number of aliphatic hydroxyl groups is 1. The van der Waals surface area contributed by atoms with Crippen molar-refractivity contribution in [1.82, 2.24) is 20.4 Å². The first-order valence-electron chi connectivity index (χ1n) is 8.73. The van der Waals surface area contributed by atoms with Gasteiger partial charge >= 0.3 is 6.03 Å². The van der Waals surface area contributed by atoms with Crippen LogP contribution in [0.2, 0.25) is 0 Å². The summed E-state index contributed by atoms with van der Waals surface area (Å²) in [4.78, 5) is 14.4. The van der Waals surface area contributed by atoms with Crippen molar-refractivity contribution in [2.75, 3.05) is 13.1 Å². The molecule has 0 bridgehead atoms. The van der Waals surface area contributed by atoms with E-state index in [1.807, 2.05) is 30.3 Å². The summed E-state index contributed by atoms with van der Waals surface area (Å²) >= 11 is 0. The summed E-state index contributed by atoms with van der Waals surface area (Å²) in [5.41, 5.74) is 2.84. The van der Waals surface area contributed by atoms with Gasteiger partial charge in [-0.1, -0.05) is 44.2 Å². The van der Waals surface area contributed by atoms with Crippen LogP contribution >= 0.6 is 0 Å². The molecule has 3 N–H and O–H groups in total. The number of urea groups is 1. The average Bonchev–Trinajstić information content (AvgIpc) is 2.99. The predicted octanol–water partition coefficient (Wildman–Crippen LogP) is 2.77. The summed E-state index contributed by atoms with van der Waals surface area (Å²) in [5, 5.41) is 20.1. The van der Waals surface area contributed by atoms with Gasteiger partial charge in [0, 0.05) is 25.2 Å². The molecule has 6 nitrogen and oxygen atoms in total. The molecule has 1 aromatic carbocycles. The van der Waals surface area contributed by atoms with E-state index in [4.69, 9.17) is 0 Å². The fourth-order valence-corrected chi connectivity index (χ4v) is 3.46. The molecule has 1 aliphatic heterocycles. The number of likely N-dealkylation sites (tertiary alicyclic amines) is 1. The van der Waals surface area contributed by atoms with Gasteiger partial charge in [-0.25, -0.2) is 4.79 Å². The van der Waals surface area contributed by atoms with Crippen LogP contribution in [-0.4, -0.2) is 45.4 Å². The highest BCUT2D eigenvalue weighted by molar-refractivity contribution is 5.74. The Morgan fingerprint density at radius 3 is 2.92 bits per heavy atom. The third-order valence-electron chi connectivity index (χ3n) is 4.64. The second-order valence-corrected chi connectivity index (χ2v) is 7.53. The number of aliphatic hydroxyl groups excluding tert-OH is 1. The van der Waals surface area contributed by atoms with Gasteiger partial charge in [0.25, 0.3) is 0 Å². The minimum atomic E-state index is -0.341. The number of rotatable bonds is 3. The fourth-order valence-electron chi connectivity index (χ4n) is 3.46. The predicted molar refractivity (Wildman–Crippen MR) is 96.9 cm³/mol. The first-order chi connectivity index (χ1) is 11.9. The molecule has 1 aliphatic rings. The van der Waals surface area contributed by atoms with Crippen molar-refractivity contribution in [3.63, 3.8) is 0 Å². The molecule has 6 heteroatoms. The number of H-pyrrole nitrogens is 1. The van der Waals surface area contributed by atoms with Gasteiger partial charge in [-0.2, -0.15) is 5.10 Å². The molecule has 2 aromatic rings. The Morgan fingerprint density at radius 1 is 1.40 bits per heavy atom. The summed E-state index contributed by atoms with van der Waals surface area (Å²) in [7, 11) is 0. The lowest BCUT2D eigenvalue weighted by molar-refractivity contribution is 0.121. The van der Waals surface area contributed by atoms with Crippen molar-refractivity contribution in [2.24, 2.45) is 5.41 Å². The van der Waals surface area contributed by atoms with E-state index in [1.165, 1.54) is 0 Å². The molecule has 25 heavy (non-hydrogen) atoms. The third kappa shape index (κ3) is 4.39. The average molecular weight is 342 g/mol. The maximum atomic E-state index is 12.6. The van der Waals surface area contributed by atoms with Gasteiger partial charge in [0.2, 0.25) is 0 Å². The molecule has 2 amide bonds. The van der Waals surface area contributed by atoms with Crippen molar-refractivity contribution < 1.29 is 9.90 Å².